The Morgan fingerprint density at radius 1 is 1.30 bits per heavy atom. The average molecular weight is 366 g/mol. The third-order valence-electron chi connectivity index (χ3n) is 4.86. The fraction of sp³-hybridized carbons (Fsp3) is 0.429. The van der Waals surface area contributed by atoms with Crippen LogP contribution in [-0.4, -0.2) is 36.7 Å². The summed E-state index contributed by atoms with van der Waals surface area (Å²) in [6, 6.07) is 8.02. The van der Waals surface area contributed by atoms with Gasteiger partial charge in [0.25, 0.3) is 0 Å². The predicted octanol–water partition coefficient (Wildman–Crippen LogP) is 3.38. The van der Waals surface area contributed by atoms with Gasteiger partial charge >= 0.3 is 0 Å². The highest BCUT2D eigenvalue weighted by atomic mass is 16.5. The molecule has 27 heavy (non-hydrogen) atoms. The summed E-state index contributed by atoms with van der Waals surface area (Å²) in [5, 5.41) is 9.77. The lowest BCUT2D eigenvalue weighted by molar-refractivity contribution is 0.253. The van der Waals surface area contributed by atoms with Crippen LogP contribution in [0.4, 0.5) is 5.82 Å². The SMILES string of the molecule is CCCN1CCc2nc(N)c(C#N)c(-c3ccc(OC)c(OCC)c3)c2C1. The van der Waals surface area contributed by atoms with E-state index in [9.17, 15) is 5.26 Å². The summed E-state index contributed by atoms with van der Waals surface area (Å²) >= 11 is 0. The highest BCUT2D eigenvalue weighted by molar-refractivity contribution is 5.80. The van der Waals surface area contributed by atoms with Crippen molar-refractivity contribution in [3.63, 3.8) is 0 Å². The van der Waals surface area contributed by atoms with Gasteiger partial charge in [-0.15, -0.1) is 0 Å². The normalized spacial score (nSPS) is 13.7. The zero-order valence-corrected chi connectivity index (χ0v) is 16.2. The third kappa shape index (κ3) is 3.69. The van der Waals surface area contributed by atoms with Gasteiger partial charge in [0.15, 0.2) is 11.5 Å². The first-order chi connectivity index (χ1) is 13.1. The van der Waals surface area contributed by atoms with Crippen LogP contribution in [-0.2, 0) is 13.0 Å². The van der Waals surface area contributed by atoms with Crippen LogP contribution >= 0.6 is 0 Å². The third-order valence-corrected chi connectivity index (χ3v) is 4.86. The minimum absolute atomic E-state index is 0.295. The molecule has 0 radical (unpaired) electrons. The van der Waals surface area contributed by atoms with E-state index in [1.165, 1.54) is 0 Å². The molecule has 0 saturated heterocycles. The number of nitriles is 1. The minimum Gasteiger partial charge on any atom is -0.493 e. The maximum absolute atomic E-state index is 9.77. The average Bonchev–Trinajstić information content (AvgIpc) is 2.67. The molecule has 2 N–H and O–H groups in total. The van der Waals surface area contributed by atoms with Gasteiger partial charge in [0.2, 0.25) is 0 Å². The van der Waals surface area contributed by atoms with Crippen molar-refractivity contribution in [1.29, 1.82) is 5.26 Å². The van der Waals surface area contributed by atoms with Gasteiger partial charge in [0, 0.05) is 30.8 Å². The molecule has 6 nitrogen and oxygen atoms in total. The zero-order chi connectivity index (χ0) is 19.4. The second-order valence-corrected chi connectivity index (χ2v) is 6.61. The zero-order valence-electron chi connectivity index (χ0n) is 16.2. The van der Waals surface area contributed by atoms with Crippen LogP contribution in [0.1, 0.15) is 37.1 Å². The molecular weight excluding hydrogens is 340 g/mol. The number of nitrogens with zero attached hydrogens (tertiary/aromatic N) is 3. The van der Waals surface area contributed by atoms with Crippen LogP contribution in [0.3, 0.4) is 0 Å². The van der Waals surface area contributed by atoms with Crippen molar-refractivity contribution in [2.24, 2.45) is 0 Å². The summed E-state index contributed by atoms with van der Waals surface area (Å²) in [6.07, 6.45) is 1.93. The Morgan fingerprint density at radius 3 is 2.78 bits per heavy atom. The first kappa shape index (κ1) is 19.0. The number of ether oxygens (including phenoxy) is 2. The Bertz CT molecular complexity index is 873. The monoisotopic (exact) mass is 366 g/mol. The Hall–Kier alpha value is -2.78. The van der Waals surface area contributed by atoms with E-state index in [0.717, 1.165) is 54.9 Å². The molecule has 1 aromatic carbocycles. The molecular formula is C21H26N4O2. The first-order valence-electron chi connectivity index (χ1n) is 9.37. The van der Waals surface area contributed by atoms with Crippen LogP contribution < -0.4 is 15.2 Å². The van der Waals surface area contributed by atoms with Crippen LogP contribution in [0.2, 0.25) is 0 Å². The Kier molecular flexibility index (Phi) is 5.82. The Labute approximate surface area is 160 Å². The number of aromatic nitrogens is 1. The smallest absolute Gasteiger partial charge is 0.161 e. The molecule has 0 fully saturated rings. The van der Waals surface area contributed by atoms with Crippen molar-refractivity contribution in [1.82, 2.24) is 9.88 Å². The molecule has 0 amide bonds. The van der Waals surface area contributed by atoms with Gasteiger partial charge in [-0.25, -0.2) is 4.98 Å². The van der Waals surface area contributed by atoms with Crippen LogP contribution in [0.5, 0.6) is 11.5 Å². The Balaban J connectivity index is 2.18. The van der Waals surface area contributed by atoms with Gasteiger partial charge in [-0.05, 0) is 43.1 Å². The van der Waals surface area contributed by atoms with Gasteiger partial charge in [-0.3, -0.25) is 4.90 Å². The summed E-state index contributed by atoms with van der Waals surface area (Å²) in [5.74, 6) is 1.62. The number of methoxy groups -OCH3 is 1. The van der Waals surface area contributed by atoms with Gasteiger partial charge in [0.05, 0.1) is 13.7 Å². The van der Waals surface area contributed by atoms with E-state index in [1.807, 2.05) is 25.1 Å². The molecule has 2 heterocycles. The summed E-state index contributed by atoms with van der Waals surface area (Å²) in [5.41, 5.74) is 10.4. The molecule has 1 aliphatic rings. The second-order valence-electron chi connectivity index (χ2n) is 6.61. The van der Waals surface area contributed by atoms with Crippen molar-refractivity contribution >= 4 is 5.82 Å². The Morgan fingerprint density at radius 2 is 2.11 bits per heavy atom. The lowest BCUT2D eigenvalue weighted by Gasteiger charge is -2.30. The minimum atomic E-state index is 0.295. The molecule has 0 spiro atoms. The quantitative estimate of drug-likeness (QED) is 0.844. The van der Waals surface area contributed by atoms with Crippen molar-refractivity contribution in [3.05, 3.63) is 35.0 Å². The molecule has 142 valence electrons. The second kappa shape index (κ2) is 8.28. The van der Waals surface area contributed by atoms with E-state index in [0.29, 0.717) is 29.5 Å². The van der Waals surface area contributed by atoms with Crippen molar-refractivity contribution in [3.8, 4) is 28.7 Å². The van der Waals surface area contributed by atoms with Gasteiger partial charge in [-0.2, -0.15) is 5.26 Å². The fourth-order valence-corrected chi connectivity index (χ4v) is 3.68. The lowest BCUT2D eigenvalue weighted by atomic mass is 9.91. The maximum atomic E-state index is 9.77. The number of rotatable bonds is 6. The molecule has 0 saturated carbocycles. The van der Waals surface area contributed by atoms with Gasteiger partial charge in [0.1, 0.15) is 17.5 Å². The summed E-state index contributed by atoms with van der Waals surface area (Å²) in [7, 11) is 1.62. The molecule has 0 bridgehead atoms. The van der Waals surface area contributed by atoms with Crippen LogP contribution in [0.15, 0.2) is 18.2 Å². The molecule has 0 unspecified atom stereocenters. The van der Waals surface area contributed by atoms with Crippen LogP contribution in [0.25, 0.3) is 11.1 Å². The number of hydrogen-bond acceptors (Lipinski definition) is 6. The lowest BCUT2D eigenvalue weighted by Crippen LogP contribution is -2.32. The standard InChI is InChI=1S/C21H26N4O2/c1-4-9-25-10-8-17-16(13-25)20(15(12-22)21(23)24-17)14-6-7-18(26-3)19(11-14)27-5-2/h6-7,11H,4-5,8-10,13H2,1-3H3,(H2,23,24). The molecule has 3 rings (SSSR count). The molecule has 1 aromatic heterocycles. The van der Waals surface area contributed by atoms with Crippen molar-refractivity contribution in [2.75, 3.05) is 32.5 Å². The van der Waals surface area contributed by atoms with E-state index in [-0.39, 0.29) is 0 Å². The number of fused-ring (bicyclic) bond motifs is 1. The van der Waals surface area contributed by atoms with Crippen molar-refractivity contribution in [2.45, 2.75) is 33.2 Å². The van der Waals surface area contributed by atoms with E-state index in [1.54, 1.807) is 7.11 Å². The summed E-state index contributed by atoms with van der Waals surface area (Å²) in [6.45, 7) is 7.41. The van der Waals surface area contributed by atoms with Gasteiger partial charge < -0.3 is 15.2 Å². The summed E-state index contributed by atoms with van der Waals surface area (Å²) in [4.78, 5) is 6.93. The number of hydrogen-bond donors (Lipinski definition) is 1. The van der Waals surface area contributed by atoms with E-state index >= 15 is 0 Å². The first-order valence-corrected chi connectivity index (χ1v) is 9.37. The van der Waals surface area contributed by atoms with E-state index in [2.05, 4.69) is 22.9 Å². The number of nitrogen functional groups attached to an aromatic ring is 1. The topological polar surface area (TPSA) is 84.4 Å². The number of benzene rings is 1. The molecule has 6 heteroatoms. The summed E-state index contributed by atoms with van der Waals surface area (Å²) < 4.78 is 11.1. The van der Waals surface area contributed by atoms with E-state index < -0.39 is 0 Å². The van der Waals surface area contributed by atoms with Crippen molar-refractivity contribution < 1.29 is 9.47 Å². The number of anilines is 1. The largest absolute Gasteiger partial charge is 0.493 e. The van der Waals surface area contributed by atoms with Crippen LogP contribution in [0, 0.1) is 11.3 Å². The van der Waals surface area contributed by atoms with E-state index in [4.69, 9.17) is 15.2 Å². The maximum Gasteiger partial charge on any atom is 0.161 e. The predicted molar refractivity (Wildman–Crippen MR) is 106 cm³/mol. The van der Waals surface area contributed by atoms with Gasteiger partial charge in [-0.1, -0.05) is 13.0 Å². The molecule has 1 aliphatic heterocycles. The molecule has 0 aliphatic carbocycles. The molecule has 0 atom stereocenters. The highest BCUT2D eigenvalue weighted by Crippen LogP contribution is 2.39. The fourth-order valence-electron chi connectivity index (χ4n) is 3.68. The number of nitrogens with two attached hydrogens (primary N) is 1. The number of pyridine rings is 1. The highest BCUT2D eigenvalue weighted by Gasteiger charge is 2.25. The molecule has 2 aromatic rings.